The van der Waals surface area contributed by atoms with Gasteiger partial charge in [-0.2, -0.15) is 0 Å². The molecule has 98 valence electrons. The zero-order valence-corrected chi connectivity index (χ0v) is 10.2. The molecule has 0 aromatic carbocycles. The van der Waals surface area contributed by atoms with Gasteiger partial charge < -0.3 is 16.0 Å². The van der Waals surface area contributed by atoms with Crippen molar-refractivity contribution < 1.29 is 9.59 Å². The van der Waals surface area contributed by atoms with Gasteiger partial charge in [0.05, 0.1) is 0 Å². The Kier molecular flexibility index (Phi) is 3.64. The second-order valence-electron chi connectivity index (χ2n) is 4.92. The van der Waals surface area contributed by atoms with Crippen LogP contribution in [-0.4, -0.2) is 35.6 Å². The van der Waals surface area contributed by atoms with Gasteiger partial charge in [0.1, 0.15) is 5.71 Å². The molecule has 0 radical (unpaired) electrons. The Balaban J connectivity index is 1.79. The predicted molar refractivity (Wildman–Crippen MR) is 67.0 cm³/mol. The molecule has 0 spiro atoms. The van der Waals surface area contributed by atoms with E-state index in [1.807, 2.05) is 0 Å². The first-order valence-corrected chi connectivity index (χ1v) is 6.18. The van der Waals surface area contributed by atoms with Crippen LogP contribution in [0.3, 0.4) is 0 Å². The maximum atomic E-state index is 11.8. The molecule has 3 amide bonds. The van der Waals surface area contributed by atoms with Gasteiger partial charge in [-0.05, 0) is 30.8 Å². The van der Waals surface area contributed by atoms with E-state index < -0.39 is 5.91 Å². The molecule has 6 heteroatoms. The van der Waals surface area contributed by atoms with Crippen LogP contribution in [0.25, 0.3) is 0 Å². The lowest BCUT2D eigenvalue weighted by molar-refractivity contribution is -0.111. The molecule has 0 unspecified atom stereocenters. The molecule has 1 heterocycles. The molecule has 1 aliphatic heterocycles. The van der Waals surface area contributed by atoms with Crippen LogP contribution in [-0.2, 0) is 4.79 Å². The second-order valence-corrected chi connectivity index (χ2v) is 4.92. The van der Waals surface area contributed by atoms with Gasteiger partial charge in [0, 0.05) is 19.3 Å². The molecule has 2 rings (SSSR count). The lowest BCUT2D eigenvalue weighted by atomic mass is 10.0. The van der Waals surface area contributed by atoms with Crippen LogP contribution in [0.5, 0.6) is 0 Å². The van der Waals surface area contributed by atoms with E-state index in [2.05, 4.69) is 5.32 Å². The molecular formula is C12H18N4O2. The van der Waals surface area contributed by atoms with Crippen molar-refractivity contribution in [1.29, 1.82) is 5.41 Å². The van der Waals surface area contributed by atoms with Crippen molar-refractivity contribution in [2.75, 3.05) is 13.1 Å². The quantitative estimate of drug-likeness (QED) is 0.633. The number of nitrogens with zero attached hydrogens (tertiary/aromatic N) is 1. The van der Waals surface area contributed by atoms with Crippen molar-refractivity contribution in [1.82, 2.24) is 10.2 Å². The van der Waals surface area contributed by atoms with Crippen LogP contribution in [0.4, 0.5) is 4.79 Å². The summed E-state index contributed by atoms with van der Waals surface area (Å²) in [6.07, 6.45) is 6.20. The summed E-state index contributed by atoms with van der Waals surface area (Å²) in [5, 5.41) is 9.73. The number of likely N-dealkylation sites (tertiary alicyclic amines) is 1. The lowest BCUT2D eigenvalue weighted by Gasteiger charge is -2.16. The summed E-state index contributed by atoms with van der Waals surface area (Å²) >= 11 is 0. The predicted octanol–water partition coefficient (Wildman–Crippen LogP) is 0.447. The average molecular weight is 250 g/mol. The number of primary amides is 1. The van der Waals surface area contributed by atoms with Gasteiger partial charge in [0.25, 0.3) is 5.91 Å². The number of amides is 3. The van der Waals surface area contributed by atoms with Gasteiger partial charge in [0.2, 0.25) is 0 Å². The standard InChI is InChI=1S/C12H18N4O2/c13-10(11(14)17)4-5-15-12(18)16-6-8-2-1-3-9(8)7-16/h4-5,8-9,13H,1-3,6-7H2,(H2,14,17)(H,15,18)/b5-4-,13-10?/t8-,9+. The third kappa shape index (κ3) is 2.69. The number of carbonyl (C=O) groups is 2. The lowest BCUT2D eigenvalue weighted by Crippen LogP contribution is -2.36. The average Bonchev–Trinajstić information content (AvgIpc) is 2.88. The summed E-state index contributed by atoms with van der Waals surface area (Å²) < 4.78 is 0. The molecule has 2 aliphatic rings. The van der Waals surface area contributed by atoms with Crippen molar-refractivity contribution in [3.63, 3.8) is 0 Å². The molecule has 1 aliphatic carbocycles. The van der Waals surface area contributed by atoms with Crippen molar-refractivity contribution in [3.8, 4) is 0 Å². The Hall–Kier alpha value is -1.85. The second kappa shape index (κ2) is 5.20. The summed E-state index contributed by atoms with van der Waals surface area (Å²) in [5.41, 5.74) is 4.57. The van der Waals surface area contributed by atoms with Crippen molar-refractivity contribution in [2.45, 2.75) is 19.3 Å². The Morgan fingerprint density at radius 1 is 1.28 bits per heavy atom. The largest absolute Gasteiger partial charge is 0.364 e. The van der Waals surface area contributed by atoms with Gasteiger partial charge in [-0.15, -0.1) is 0 Å². The van der Waals surface area contributed by atoms with Crippen LogP contribution in [0.1, 0.15) is 19.3 Å². The number of carbonyl (C=O) groups excluding carboxylic acids is 2. The molecule has 18 heavy (non-hydrogen) atoms. The minimum Gasteiger partial charge on any atom is -0.364 e. The Morgan fingerprint density at radius 3 is 2.44 bits per heavy atom. The highest BCUT2D eigenvalue weighted by Gasteiger charge is 2.37. The maximum Gasteiger partial charge on any atom is 0.321 e. The fraction of sp³-hybridized carbons (Fsp3) is 0.583. The van der Waals surface area contributed by atoms with Crippen molar-refractivity contribution in [2.24, 2.45) is 17.6 Å². The molecule has 1 saturated heterocycles. The fourth-order valence-corrected chi connectivity index (χ4v) is 2.77. The highest BCUT2D eigenvalue weighted by Crippen LogP contribution is 2.37. The van der Waals surface area contributed by atoms with E-state index in [0.29, 0.717) is 11.8 Å². The summed E-state index contributed by atoms with van der Waals surface area (Å²) in [4.78, 5) is 24.2. The summed E-state index contributed by atoms with van der Waals surface area (Å²) in [7, 11) is 0. The molecule has 6 nitrogen and oxygen atoms in total. The Labute approximate surface area is 106 Å². The third-order valence-electron chi connectivity index (χ3n) is 3.74. The van der Waals surface area contributed by atoms with Gasteiger partial charge in [0.15, 0.2) is 0 Å². The maximum absolute atomic E-state index is 11.8. The third-order valence-corrected chi connectivity index (χ3v) is 3.74. The number of nitrogens with two attached hydrogens (primary N) is 1. The molecule has 0 aromatic heterocycles. The van der Waals surface area contributed by atoms with E-state index in [1.54, 1.807) is 4.90 Å². The summed E-state index contributed by atoms with van der Waals surface area (Å²) in [6.45, 7) is 1.63. The smallest absolute Gasteiger partial charge is 0.321 e. The monoisotopic (exact) mass is 250 g/mol. The van der Waals surface area contributed by atoms with Crippen LogP contribution in [0.2, 0.25) is 0 Å². The number of hydrogen-bond donors (Lipinski definition) is 3. The van der Waals surface area contributed by atoms with E-state index in [4.69, 9.17) is 11.1 Å². The number of urea groups is 1. The fourth-order valence-electron chi connectivity index (χ4n) is 2.77. The van der Waals surface area contributed by atoms with E-state index in [9.17, 15) is 9.59 Å². The molecule has 2 fully saturated rings. The van der Waals surface area contributed by atoms with Crippen LogP contribution in [0.15, 0.2) is 12.3 Å². The SMILES string of the molecule is N=C(/C=C\NC(=O)N1C[C@H]2CCC[C@H]2C1)C(N)=O. The first-order chi connectivity index (χ1) is 8.58. The molecule has 0 aromatic rings. The van der Waals surface area contributed by atoms with Crippen LogP contribution in [0, 0.1) is 17.2 Å². The van der Waals surface area contributed by atoms with Gasteiger partial charge >= 0.3 is 6.03 Å². The molecule has 4 N–H and O–H groups in total. The number of fused-ring (bicyclic) bond motifs is 1. The van der Waals surface area contributed by atoms with Crippen LogP contribution < -0.4 is 11.1 Å². The zero-order valence-electron chi connectivity index (χ0n) is 10.2. The molecular weight excluding hydrogens is 232 g/mol. The summed E-state index contributed by atoms with van der Waals surface area (Å²) in [6, 6.07) is -0.169. The van der Waals surface area contributed by atoms with Gasteiger partial charge in [-0.3, -0.25) is 10.2 Å². The zero-order chi connectivity index (χ0) is 13.1. The number of nitrogens with one attached hydrogen (secondary N) is 2. The van der Waals surface area contributed by atoms with E-state index in [1.165, 1.54) is 31.5 Å². The number of hydrogen-bond acceptors (Lipinski definition) is 3. The van der Waals surface area contributed by atoms with E-state index in [0.717, 1.165) is 13.1 Å². The van der Waals surface area contributed by atoms with Gasteiger partial charge in [-0.1, -0.05) is 6.42 Å². The minimum absolute atomic E-state index is 0.169. The molecule has 1 saturated carbocycles. The normalized spacial score (nSPS) is 26.3. The minimum atomic E-state index is -0.809. The Bertz CT molecular complexity index is 393. The molecule has 2 atom stereocenters. The first kappa shape index (κ1) is 12.6. The topological polar surface area (TPSA) is 99.3 Å². The van der Waals surface area contributed by atoms with Gasteiger partial charge in [-0.25, -0.2) is 4.79 Å². The Morgan fingerprint density at radius 2 is 1.89 bits per heavy atom. The van der Waals surface area contributed by atoms with Crippen molar-refractivity contribution in [3.05, 3.63) is 12.3 Å². The highest BCUT2D eigenvalue weighted by molar-refractivity contribution is 6.41. The first-order valence-electron chi connectivity index (χ1n) is 6.18. The van der Waals surface area contributed by atoms with E-state index >= 15 is 0 Å². The summed E-state index contributed by atoms with van der Waals surface area (Å²) in [5.74, 6) is 0.503. The van der Waals surface area contributed by atoms with Crippen LogP contribution >= 0.6 is 0 Å². The molecule has 0 bridgehead atoms. The van der Waals surface area contributed by atoms with E-state index in [-0.39, 0.29) is 11.7 Å². The van der Waals surface area contributed by atoms with Crippen molar-refractivity contribution >= 4 is 17.6 Å². The highest BCUT2D eigenvalue weighted by atomic mass is 16.2. The number of rotatable bonds is 3.